The van der Waals surface area contributed by atoms with Crippen LogP contribution in [0.1, 0.15) is 36.5 Å². The predicted octanol–water partition coefficient (Wildman–Crippen LogP) is 3.38. The molecule has 0 bridgehead atoms. The number of carbonyl (C=O) groups excluding carboxylic acids is 1. The fourth-order valence-electron chi connectivity index (χ4n) is 3.62. The molecule has 0 fully saturated rings. The Morgan fingerprint density at radius 1 is 1.07 bits per heavy atom. The van der Waals surface area contributed by atoms with Gasteiger partial charge in [0, 0.05) is 26.1 Å². The summed E-state index contributed by atoms with van der Waals surface area (Å²) in [5.41, 5.74) is 4.33. The van der Waals surface area contributed by atoms with Crippen molar-refractivity contribution in [3.63, 3.8) is 0 Å². The minimum atomic E-state index is -3.39. The Bertz CT molecular complexity index is 923. The minimum Gasteiger partial charge on any atom is -0.338 e. The number of nitrogens with zero attached hydrogens (tertiary/aromatic N) is 2. The van der Waals surface area contributed by atoms with Crippen LogP contribution >= 0.6 is 0 Å². The van der Waals surface area contributed by atoms with E-state index in [1.165, 1.54) is 21.7 Å². The first kappa shape index (κ1) is 20.4. The number of amides is 1. The number of fused-ring (bicyclic) bond motifs is 1. The van der Waals surface area contributed by atoms with Gasteiger partial charge in [0.1, 0.15) is 0 Å². The van der Waals surface area contributed by atoms with Crippen LogP contribution in [-0.2, 0) is 34.2 Å². The molecule has 1 aliphatic rings. The second kappa shape index (κ2) is 8.78. The smallest absolute Gasteiger partial charge is 0.232 e. The summed E-state index contributed by atoms with van der Waals surface area (Å²) in [5.74, 6) is 0.0873. The van der Waals surface area contributed by atoms with Gasteiger partial charge in [0.15, 0.2) is 0 Å². The van der Waals surface area contributed by atoms with Crippen LogP contribution in [0.4, 0.5) is 5.69 Å². The number of sulfonamides is 1. The first-order chi connectivity index (χ1) is 13.4. The van der Waals surface area contributed by atoms with E-state index in [-0.39, 0.29) is 5.91 Å². The van der Waals surface area contributed by atoms with Gasteiger partial charge in [0.2, 0.25) is 15.9 Å². The number of aryl methyl sites for hydroxylation is 1. The van der Waals surface area contributed by atoms with Gasteiger partial charge in [-0.15, -0.1) is 0 Å². The zero-order valence-corrected chi connectivity index (χ0v) is 17.4. The maximum Gasteiger partial charge on any atom is 0.232 e. The van der Waals surface area contributed by atoms with Gasteiger partial charge >= 0.3 is 0 Å². The molecule has 0 aromatic heterocycles. The molecule has 1 aliphatic heterocycles. The summed E-state index contributed by atoms with van der Waals surface area (Å²) < 4.78 is 25.9. The molecule has 0 atom stereocenters. The summed E-state index contributed by atoms with van der Waals surface area (Å²) in [7, 11) is -3.39. The third kappa shape index (κ3) is 4.93. The van der Waals surface area contributed by atoms with Crippen molar-refractivity contribution in [2.24, 2.45) is 0 Å². The Hall–Kier alpha value is -2.34. The second-order valence-electron chi connectivity index (χ2n) is 7.29. The molecule has 6 heteroatoms. The summed E-state index contributed by atoms with van der Waals surface area (Å²) in [6, 6.07) is 15.8. The number of hydrogen-bond donors (Lipinski definition) is 0. The lowest BCUT2D eigenvalue weighted by Crippen LogP contribution is -2.37. The molecule has 1 amide bonds. The number of hydrogen-bond acceptors (Lipinski definition) is 3. The van der Waals surface area contributed by atoms with Gasteiger partial charge in [-0.25, -0.2) is 8.42 Å². The van der Waals surface area contributed by atoms with E-state index in [2.05, 4.69) is 19.1 Å². The monoisotopic (exact) mass is 400 g/mol. The van der Waals surface area contributed by atoms with E-state index in [9.17, 15) is 13.2 Å². The van der Waals surface area contributed by atoms with Crippen molar-refractivity contribution in [1.82, 2.24) is 4.90 Å². The number of carbonyl (C=O) groups is 1. The fourth-order valence-corrected chi connectivity index (χ4v) is 4.59. The molecule has 5 nitrogen and oxygen atoms in total. The van der Waals surface area contributed by atoms with Crippen molar-refractivity contribution in [2.45, 2.75) is 39.2 Å². The van der Waals surface area contributed by atoms with Crippen LogP contribution in [0.25, 0.3) is 0 Å². The van der Waals surface area contributed by atoms with Crippen molar-refractivity contribution >= 4 is 21.6 Å². The van der Waals surface area contributed by atoms with Gasteiger partial charge in [-0.2, -0.15) is 0 Å². The molecular weight excluding hydrogens is 372 g/mol. The quantitative estimate of drug-likeness (QED) is 0.716. The van der Waals surface area contributed by atoms with Crippen LogP contribution < -0.4 is 4.31 Å². The average Bonchev–Trinajstić information content (AvgIpc) is 2.70. The fraction of sp³-hybridized carbons (Fsp3) is 0.409. The second-order valence-corrected chi connectivity index (χ2v) is 9.20. The van der Waals surface area contributed by atoms with E-state index in [0.29, 0.717) is 31.6 Å². The molecule has 0 radical (unpaired) electrons. The van der Waals surface area contributed by atoms with E-state index >= 15 is 0 Å². The zero-order chi connectivity index (χ0) is 20.1. The molecule has 2 aromatic rings. The third-order valence-corrected chi connectivity index (χ3v) is 6.46. The topological polar surface area (TPSA) is 57.7 Å². The van der Waals surface area contributed by atoms with Crippen molar-refractivity contribution in [2.75, 3.05) is 23.7 Å². The van der Waals surface area contributed by atoms with E-state index in [4.69, 9.17) is 0 Å². The van der Waals surface area contributed by atoms with Crippen molar-refractivity contribution in [3.8, 4) is 0 Å². The van der Waals surface area contributed by atoms with Gasteiger partial charge in [-0.3, -0.25) is 9.10 Å². The number of rotatable bonds is 7. The molecule has 0 saturated heterocycles. The van der Waals surface area contributed by atoms with Crippen LogP contribution in [0.5, 0.6) is 0 Å². The summed E-state index contributed by atoms with van der Waals surface area (Å²) >= 11 is 0. The van der Waals surface area contributed by atoms with Crippen molar-refractivity contribution < 1.29 is 13.2 Å². The number of benzene rings is 2. The molecule has 28 heavy (non-hydrogen) atoms. The Morgan fingerprint density at radius 2 is 1.75 bits per heavy atom. The SMILES string of the molecule is CCc1ccc(N(CCCC(=O)N2CCc3ccccc3C2)S(C)(=O)=O)cc1. The lowest BCUT2D eigenvalue weighted by Gasteiger charge is -2.29. The van der Waals surface area contributed by atoms with E-state index in [1.54, 1.807) is 0 Å². The predicted molar refractivity (Wildman–Crippen MR) is 113 cm³/mol. The highest BCUT2D eigenvalue weighted by molar-refractivity contribution is 7.92. The van der Waals surface area contributed by atoms with Gasteiger partial charge in [-0.1, -0.05) is 43.3 Å². The Morgan fingerprint density at radius 3 is 2.39 bits per heavy atom. The van der Waals surface area contributed by atoms with E-state index in [1.807, 2.05) is 41.3 Å². The first-order valence-electron chi connectivity index (χ1n) is 9.79. The Labute approximate surface area is 168 Å². The van der Waals surface area contributed by atoms with Gasteiger partial charge < -0.3 is 4.90 Å². The average molecular weight is 401 g/mol. The van der Waals surface area contributed by atoms with Crippen LogP contribution in [0.15, 0.2) is 48.5 Å². The Kier molecular flexibility index (Phi) is 6.39. The molecule has 0 spiro atoms. The molecule has 0 aliphatic carbocycles. The van der Waals surface area contributed by atoms with Crippen LogP contribution in [0, 0.1) is 0 Å². The lowest BCUT2D eigenvalue weighted by molar-refractivity contribution is -0.132. The summed E-state index contributed by atoms with van der Waals surface area (Å²) in [6.45, 7) is 3.74. The van der Waals surface area contributed by atoms with E-state index < -0.39 is 10.0 Å². The number of anilines is 1. The van der Waals surface area contributed by atoms with Gasteiger partial charge in [0.25, 0.3) is 0 Å². The van der Waals surface area contributed by atoms with Crippen LogP contribution in [0.3, 0.4) is 0 Å². The molecule has 3 rings (SSSR count). The summed E-state index contributed by atoms with van der Waals surface area (Å²) in [5, 5.41) is 0. The largest absolute Gasteiger partial charge is 0.338 e. The standard InChI is InChI=1S/C22H28N2O3S/c1-3-18-10-12-21(13-11-18)24(28(2,26)27)15-6-9-22(25)23-16-14-19-7-4-5-8-20(19)17-23/h4-5,7-8,10-13H,3,6,9,14-17H2,1-2H3. The summed E-state index contributed by atoms with van der Waals surface area (Å²) in [4.78, 5) is 14.5. The molecular formula is C22H28N2O3S. The molecule has 0 saturated carbocycles. The molecule has 1 heterocycles. The highest BCUT2D eigenvalue weighted by Gasteiger charge is 2.22. The highest BCUT2D eigenvalue weighted by atomic mass is 32.2. The van der Waals surface area contributed by atoms with Crippen molar-refractivity contribution in [3.05, 3.63) is 65.2 Å². The third-order valence-electron chi connectivity index (χ3n) is 5.27. The maximum atomic E-state index is 12.6. The van der Waals surface area contributed by atoms with Crippen molar-refractivity contribution in [1.29, 1.82) is 0 Å². The Balaban J connectivity index is 1.59. The van der Waals surface area contributed by atoms with Crippen LogP contribution in [0.2, 0.25) is 0 Å². The lowest BCUT2D eigenvalue weighted by atomic mass is 9.99. The normalized spacial score (nSPS) is 13.9. The maximum absolute atomic E-state index is 12.6. The summed E-state index contributed by atoms with van der Waals surface area (Å²) in [6.07, 6.45) is 3.85. The zero-order valence-electron chi connectivity index (χ0n) is 16.6. The molecule has 2 aromatic carbocycles. The minimum absolute atomic E-state index is 0.0873. The van der Waals surface area contributed by atoms with Gasteiger partial charge in [-0.05, 0) is 48.1 Å². The first-order valence-corrected chi connectivity index (χ1v) is 11.6. The van der Waals surface area contributed by atoms with Crippen LogP contribution in [-0.4, -0.2) is 38.6 Å². The molecule has 150 valence electrons. The van der Waals surface area contributed by atoms with Gasteiger partial charge in [0.05, 0.1) is 11.9 Å². The molecule has 0 unspecified atom stereocenters. The van der Waals surface area contributed by atoms with E-state index in [0.717, 1.165) is 24.9 Å². The molecule has 0 N–H and O–H groups in total. The highest BCUT2D eigenvalue weighted by Crippen LogP contribution is 2.21.